The van der Waals surface area contributed by atoms with Gasteiger partial charge in [0.1, 0.15) is 6.04 Å². The van der Waals surface area contributed by atoms with Crippen LogP contribution >= 0.6 is 11.6 Å². The van der Waals surface area contributed by atoms with Crippen molar-refractivity contribution in [2.45, 2.75) is 23.8 Å². The average Bonchev–Trinajstić information content (AvgIpc) is 3.31. The molecule has 0 saturated carbocycles. The number of ketones is 1. The van der Waals surface area contributed by atoms with Crippen molar-refractivity contribution in [1.29, 1.82) is 0 Å². The highest BCUT2D eigenvalue weighted by Crippen LogP contribution is 2.27. The molecule has 2 aromatic rings. The fourth-order valence-corrected chi connectivity index (χ4v) is 4.59. The molecule has 2 heterocycles. The third-order valence-corrected chi connectivity index (χ3v) is 6.31. The van der Waals surface area contributed by atoms with Crippen LogP contribution in [0.3, 0.4) is 0 Å². The average molecular weight is 397 g/mol. The zero-order valence-electron chi connectivity index (χ0n) is 13.7. The summed E-state index contributed by atoms with van der Waals surface area (Å²) in [6.45, 7) is -0.222. The third kappa shape index (κ3) is 3.82. The number of nitrogens with zero attached hydrogens (tertiary/aromatic N) is 1. The van der Waals surface area contributed by atoms with Gasteiger partial charge in [-0.3, -0.25) is 9.59 Å². The molecule has 1 unspecified atom stereocenters. The van der Waals surface area contributed by atoms with Gasteiger partial charge in [0, 0.05) is 17.8 Å². The highest BCUT2D eigenvalue weighted by molar-refractivity contribution is 7.89. The Hall–Kier alpha value is -2.16. The van der Waals surface area contributed by atoms with E-state index in [4.69, 9.17) is 16.3 Å². The number of benzene rings is 1. The Morgan fingerprint density at radius 1 is 1.23 bits per heavy atom. The summed E-state index contributed by atoms with van der Waals surface area (Å²) >= 11 is 5.80. The SMILES string of the molecule is O=C(COC(=O)C1CCCN1S(=O)(=O)c1ccc(Cl)cc1)c1ccc[nH]1. The Morgan fingerprint density at radius 3 is 2.62 bits per heavy atom. The summed E-state index contributed by atoms with van der Waals surface area (Å²) in [7, 11) is -3.85. The maximum atomic E-state index is 12.8. The smallest absolute Gasteiger partial charge is 0.324 e. The number of halogens is 1. The molecular formula is C17H17ClN2O5S. The number of ether oxygens (including phenoxy) is 1. The lowest BCUT2D eigenvalue weighted by molar-refractivity contribution is -0.146. The molecule has 0 amide bonds. The lowest BCUT2D eigenvalue weighted by Gasteiger charge is -2.22. The normalized spacial score (nSPS) is 18.0. The maximum Gasteiger partial charge on any atom is 0.324 e. The molecule has 9 heteroatoms. The minimum absolute atomic E-state index is 0.0593. The van der Waals surface area contributed by atoms with E-state index < -0.39 is 28.6 Å². The van der Waals surface area contributed by atoms with Crippen LogP contribution in [0.2, 0.25) is 5.02 Å². The number of aromatic nitrogens is 1. The van der Waals surface area contributed by atoms with Crippen LogP contribution in [0.4, 0.5) is 0 Å². The first-order valence-electron chi connectivity index (χ1n) is 8.00. The molecule has 1 aliphatic rings. The van der Waals surface area contributed by atoms with Gasteiger partial charge in [0.2, 0.25) is 15.8 Å². The molecule has 138 valence electrons. The van der Waals surface area contributed by atoms with Crippen LogP contribution in [-0.4, -0.2) is 48.7 Å². The predicted molar refractivity (Wildman–Crippen MR) is 94.4 cm³/mol. The molecule has 1 aromatic heterocycles. The molecule has 0 aliphatic carbocycles. The van der Waals surface area contributed by atoms with Gasteiger partial charge in [-0.1, -0.05) is 11.6 Å². The molecule has 0 spiro atoms. The van der Waals surface area contributed by atoms with E-state index in [1.54, 1.807) is 18.3 Å². The van der Waals surface area contributed by atoms with Crippen LogP contribution in [0.25, 0.3) is 0 Å². The first-order valence-corrected chi connectivity index (χ1v) is 9.82. The Balaban J connectivity index is 1.70. The number of nitrogens with one attached hydrogen (secondary N) is 1. The van der Waals surface area contributed by atoms with Crippen molar-refractivity contribution in [3.05, 3.63) is 53.3 Å². The number of Topliss-reactive ketones (excluding diaryl/α,β-unsaturated/α-hetero) is 1. The number of H-pyrrole nitrogens is 1. The number of aromatic amines is 1. The van der Waals surface area contributed by atoms with Gasteiger partial charge >= 0.3 is 5.97 Å². The van der Waals surface area contributed by atoms with E-state index in [9.17, 15) is 18.0 Å². The number of carbonyl (C=O) groups is 2. The van der Waals surface area contributed by atoms with E-state index >= 15 is 0 Å². The summed E-state index contributed by atoms with van der Waals surface area (Å²) in [5.41, 5.74) is 0.329. The molecule has 1 atom stereocenters. The summed E-state index contributed by atoms with van der Waals surface area (Å²) in [5, 5.41) is 0.421. The molecule has 7 nitrogen and oxygen atoms in total. The highest BCUT2D eigenvalue weighted by Gasteiger charge is 2.40. The quantitative estimate of drug-likeness (QED) is 0.596. The van der Waals surface area contributed by atoms with Gasteiger partial charge in [-0.2, -0.15) is 4.31 Å². The third-order valence-electron chi connectivity index (χ3n) is 4.14. The Bertz CT molecular complexity index is 894. The number of esters is 1. The Morgan fingerprint density at radius 2 is 1.96 bits per heavy atom. The lowest BCUT2D eigenvalue weighted by atomic mass is 10.2. The van der Waals surface area contributed by atoms with Crippen molar-refractivity contribution < 1.29 is 22.7 Å². The number of carbonyl (C=O) groups excluding carboxylic acids is 2. The molecule has 1 aromatic carbocycles. The number of hydrogen-bond donors (Lipinski definition) is 1. The number of rotatable bonds is 6. The molecule has 0 radical (unpaired) electrons. The van der Waals surface area contributed by atoms with Crippen LogP contribution in [0.15, 0.2) is 47.5 Å². The van der Waals surface area contributed by atoms with Gasteiger partial charge in [0.25, 0.3) is 0 Å². The molecule has 0 bridgehead atoms. The minimum atomic E-state index is -3.85. The standard InChI is InChI=1S/C17H17ClN2O5S/c18-12-5-7-13(8-6-12)26(23,24)20-10-2-4-15(20)17(22)25-11-16(21)14-3-1-9-19-14/h1,3,5-9,15,19H,2,4,10-11H2. The fourth-order valence-electron chi connectivity index (χ4n) is 2.82. The van der Waals surface area contributed by atoms with E-state index in [1.807, 2.05) is 0 Å². The molecule has 1 N–H and O–H groups in total. The summed E-state index contributed by atoms with van der Waals surface area (Å²) in [6.07, 6.45) is 2.48. The van der Waals surface area contributed by atoms with Crippen molar-refractivity contribution >= 4 is 33.4 Å². The molecule has 1 fully saturated rings. The van der Waals surface area contributed by atoms with Crippen LogP contribution in [0.1, 0.15) is 23.3 Å². The Kier molecular flexibility index (Phi) is 5.45. The van der Waals surface area contributed by atoms with Gasteiger partial charge in [-0.15, -0.1) is 0 Å². The summed E-state index contributed by atoms with van der Waals surface area (Å²) in [5.74, 6) is -1.10. The largest absolute Gasteiger partial charge is 0.456 e. The van der Waals surface area contributed by atoms with Gasteiger partial charge in [0.15, 0.2) is 6.61 Å². The van der Waals surface area contributed by atoms with Crippen LogP contribution in [0.5, 0.6) is 0 Å². The second-order valence-corrected chi connectivity index (χ2v) is 8.17. The minimum Gasteiger partial charge on any atom is -0.456 e. The summed E-state index contributed by atoms with van der Waals surface area (Å²) in [4.78, 5) is 27.0. The topological polar surface area (TPSA) is 96.5 Å². The van der Waals surface area contributed by atoms with Gasteiger partial charge in [0.05, 0.1) is 10.6 Å². The predicted octanol–water partition coefficient (Wildman–Crippen LogP) is 2.25. The van der Waals surface area contributed by atoms with Crippen molar-refractivity contribution in [1.82, 2.24) is 9.29 Å². The summed E-state index contributed by atoms with van der Waals surface area (Å²) in [6, 6.07) is 8.04. The van der Waals surface area contributed by atoms with E-state index in [-0.39, 0.29) is 17.2 Å². The van der Waals surface area contributed by atoms with Gasteiger partial charge in [-0.05, 0) is 49.2 Å². The van der Waals surface area contributed by atoms with Gasteiger partial charge in [-0.25, -0.2) is 8.42 Å². The van der Waals surface area contributed by atoms with Crippen molar-refractivity contribution in [3.63, 3.8) is 0 Å². The first kappa shape index (κ1) is 18.6. The van der Waals surface area contributed by atoms with Crippen LogP contribution in [0, 0.1) is 0 Å². The number of sulfonamides is 1. The molecular weight excluding hydrogens is 380 g/mol. The van der Waals surface area contributed by atoms with E-state index in [0.29, 0.717) is 23.6 Å². The molecule has 3 rings (SSSR count). The van der Waals surface area contributed by atoms with E-state index in [2.05, 4.69) is 4.98 Å². The monoisotopic (exact) mass is 396 g/mol. The number of hydrogen-bond acceptors (Lipinski definition) is 5. The van der Waals surface area contributed by atoms with Crippen LogP contribution in [-0.2, 0) is 19.6 Å². The second kappa shape index (κ2) is 7.61. The summed E-state index contributed by atoms with van der Waals surface area (Å²) < 4.78 is 31.8. The van der Waals surface area contributed by atoms with Crippen molar-refractivity contribution in [2.24, 2.45) is 0 Å². The first-order chi connectivity index (χ1) is 12.4. The molecule has 1 saturated heterocycles. The van der Waals surface area contributed by atoms with Crippen molar-refractivity contribution in [2.75, 3.05) is 13.2 Å². The maximum absolute atomic E-state index is 12.8. The second-order valence-electron chi connectivity index (χ2n) is 5.84. The molecule has 1 aliphatic heterocycles. The highest BCUT2D eigenvalue weighted by atomic mass is 35.5. The zero-order valence-corrected chi connectivity index (χ0v) is 15.3. The lowest BCUT2D eigenvalue weighted by Crippen LogP contribution is -2.41. The van der Waals surface area contributed by atoms with E-state index in [0.717, 1.165) is 4.31 Å². The van der Waals surface area contributed by atoms with E-state index in [1.165, 1.54) is 24.3 Å². The Labute approximate surface area is 156 Å². The molecule has 26 heavy (non-hydrogen) atoms. The van der Waals surface area contributed by atoms with Crippen molar-refractivity contribution in [3.8, 4) is 0 Å². The fraction of sp³-hybridized carbons (Fsp3) is 0.294. The van der Waals surface area contributed by atoms with Gasteiger partial charge < -0.3 is 9.72 Å². The zero-order chi connectivity index (χ0) is 18.7. The van der Waals surface area contributed by atoms with Crippen LogP contribution < -0.4 is 0 Å².